The minimum atomic E-state index is -0.219. The van der Waals surface area contributed by atoms with E-state index >= 15 is 0 Å². The van der Waals surface area contributed by atoms with Gasteiger partial charge in [0.25, 0.3) is 5.91 Å². The lowest BCUT2D eigenvalue weighted by Gasteiger charge is -2.31. The second kappa shape index (κ2) is 9.76. The lowest BCUT2D eigenvalue weighted by Crippen LogP contribution is -2.46. The van der Waals surface area contributed by atoms with Crippen LogP contribution >= 0.6 is 0 Å². The molecule has 2 amide bonds. The number of likely N-dealkylation sites (tertiary alicyclic amines) is 1. The van der Waals surface area contributed by atoms with Gasteiger partial charge in [0.15, 0.2) is 5.76 Å². The van der Waals surface area contributed by atoms with E-state index in [9.17, 15) is 9.59 Å². The molecule has 0 bridgehead atoms. The number of hydrogen-bond donors (Lipinski definition) is 2. The highest BCUT2D eigenvalue weighted by atomic mass is 16.5. The number of nitrogens with zero attached hydrogens (tertiary/aromatic N) is 1. The molecule has 31 heavy (non-hydrogen) atoms. The first-order valence-electron chi connectivity index (χ1n) is 10.5. The van der Waals surface area contributed by atoms with E-state index in [0.717, 1.165) is 42.6 Å². The predicted molar refractivity (Wildman–Crippen MR) is 119 cm³/mol. The van der Waals surface area contributed by atoms with Crippen LogP contribution in [-0.2, 0) is 16.1 Å². The van der Waals surface area contributed by atoms with Crippen LogP contribution < -0.4 is 10.6 Å². The first kappa shape index (κ1) is 21.1. The lowest BCUT2D eigenvalue weighted by molar-refractivity contribution is -0.117. The number of carbonyl (C=O) groups is 2. The largest absolute Gasteiger partial charge is 0.451 e. The second-order valence-electron chi connectivity index (χ2n) is 7.78. The van der Waals surface area contributed by atoms with E-state index in [1.807, 2.05) is 54.6 Å². The zero-order chi connectivity index (χ0) is 21.6. The topological polar surface area (TPSA) is 83.8 Å². The molecule has 7 nitrogen and oxygen atoms in total. The standard InChI is InChI=1S/C24H27N3O4/c1-30-16-20-19-9-5-6-10-21(19)31-23(20)24(29)26-18-11-13-27(14-12-18)15-22(28)25-17-7-3-2-4-8-17/h2-10,18H,11-16H2,1H3,(H,25,28)(H,26,29). The van der Waals surface area contributed by atoms with Gasteiger partial charge in [-0.3, -0.25) is 14.5 Å². The number of ether oxygens (including phenoxy) is 1. The van der Waals surface area contributed by atoms with E-state index in [2.05, 4.69) is 15.5 Å². The molecule has 1 aliphatic heterocycles. The lowest BCUT2D eigenvalue weighted by atomic mass is 10.0. The molecule has 0 aliphatic carbocycles. The third kappa shape index (κ3) is 5.13. The van der Waals surface area contributed by atoms with Gasteiger partial charge in [-0.1, -0.05) is 36.4 Å². The number of fused-ring (bicyclic) bond motifs is 1. The molecule has 0 spiro atoms. The van der Waals surface area contributed by atoms with Gasteiger partial charge in [-0.15, -0.1) is 0 Å². The van der Waals surface area contributed by atoms with Crippen LogP contribution in [0.4, 0.5) is 5.69 Å². The van der Waals surface area contributed by atoms with Crippen molar-refractivity contribution in [2.24, 2.45) is 0 Å². The number of amides is 2. The van der Waals surface area contributed by atoms with Crippen LogP contribution in [0.15, 0.2) is 59.0 Å². The van der Waals surface area contributed by atoms with Gasteiger partial charge in [0.1, 0.15) is 5.58 Å². The summed E-state index contributed by atoms with van der Waals surface area (Å²) in [4.78, 5) is 27.3. The molecule has 1 aliphatic rings. The maximum absolute atomic E-state index is 12.9. The SMILES string of the molecule is COCc1c(C(=O)NC2CCN(CC(=O)Nc3ccccc3)CC2)oc2ccccc12. The highest BCUT2D eigenvalue weighted by Gasteiger charge is 2.26. The zero-order valence-corrected chi connectivity index (χ0v) is 17.6. The molecule has 2 N–H and O–H groups in total. The molecule has 1 fully saturated rings. The van der Waals surface area contributed by atoms with Gasteiger partial charge in [-0.25, -0.2) is 0 Å². The Labute approximate surface area is 181 Å². The fourth-order valence-electron chi connectivity index (χ4n) is 3.98. The molecule has 3 aromatic rings. The van der Waals surface area contributed by atoms with Crippen molar-refractivity contribution in [2.45, 2.75) is 25.5 Å². The van der Waals surface area contributed by atoms with Gasteiger partial charge < -0.3 is 19.8 Å². The molecule has 7 heteroatoms. The fraction of sp³-hybridized carbons (Fsp3) is 0.333. The average molecular weight is 421 g/mol. The first-order chi connectivity index (χ1) is 15.1. The van der Waals surface area contributed by atoms with Crippen molar-refractivity contribution in [2.75, 3.05) is 32.1 Å². The number of hydrogen-bond acceptors (Lipinski definition) is 5. The molecule has 162 valence electrons. The zero-order valence-electron chi connectivity index (χ0n) is 17.6. The molecule has 0 saturated carbocycles. The van der Waals surface area contributed by atoms with Gasteiger partial charge in [0.2, 0.25) is 5.91 Å². The number of piperidine rings is 1. The fourth-order valence-corrected chi connectivity index (χ4v) is 3.98. The Morgan fingerprint density at radius 2 is 1.77 bits per heavy atom. The molecule has 0 unspecified atom stereocenters. The summed E-state index contributed by atoms with van der Waals surface area (Å²) in [6.07, 6.45) is 1.56. The van der Waals surface area contributed by atoms with Crippen molar-refractivity contribution >= 4 is 28.5 Å². The number of rotatable bonds is 7. The van der Waals surface area contributed by atoms with E-state index < -0.39 is 0 Å². The highest BCUT2D eigenvalue weighted by Crippen LogP contribution is 2.27. The minimum absolute atomic E-state index is 0.0276. The predicted octanol–water partition coefficient (Wildman–Crippen LogP) is 3.41. The van der Waals surface area contributed by atoms with Crippen LogP contribution in [0, 0.1) is 0 Å². The van der Waals surface area contributed by atoms with Gasteiger partial charge in [0, 0.05) is 42.9 Å². The van der Waals surface area contributed by atoms with Crippen LogP contribution in [0.1, 0.15) is 29.0 Å². The molecule has 4 rings (SSSR count). The Hall–Kier alpha value is -3.16. The Bertz CT molecular complexity index is 1040. The first-order valence-corrected chi connectivity index (χ1v) is 10.5. The summed E-state index contributed by atoms with van der Waals surface area (Å²) in [6, 6.07) is 17.1. The van der Waals surface area contributed by atoms with E-state index in [4.69, 9.17) is 9.15 Å². The van der Waals surface area contributed by atoms with E-state index in [1.54, 1.807) is 7.11 Å². The number of anilines is 1. The third-order valence-corrected chi connectivity index (χ3v) is 5.54. The summed E-state index contributed by atoms with van der Waals surface area (Å²) >= 11 is 0. The van der Waals surface area contributed by atoms with Gasteiger partial charge in [0.05, 0.1) is 13.2 Å². The molecule has 2 aromatic carbocycles. The summed E-state index contributed by atoms with van der Waals surface area (Å²) < 4.78 is 11.1. The van der Waals surface area contributed by atoms with E-state index in [1.165, 1.54) is 0 Å². The van der Waals surface area contributed by atoms with E-state index in [-0.39, 0.29) is 17.9 Å². The molecule has 2 heterocycles. The normalized spacial score (nSPS) is 15.1. The molecular formula is C24H27N3O4. The summed E-state index contributed by atoms with van der Waals surface area (Å²) in [5.74, 6) is 0.0661. The quantitative estimate of drug-likeness (QED) is 0.611. The number of para-hydroxylation sites is 2. The van der Waals surface area contributed by atoms with Gasteiger partial charge in [-0.2, -0.15) is 0 Å². The number of carbonyl (C=O) groups excluding carboxylic acids is 2. The smallest absolute Gasteiger partial charge is 0.287 e. The molecular weight excluding hydrogens is 394 g/mol. The van der Waals surface area contributed by atoms with Crippen LogP contribution in [0.2, 0.25) is 0 Å². The van der Waals surface area contributed by atoms with Crippen molar-refractivity contribution in [3.05, 3.63) is 65.9 Å². The van der Waals surface area contributed by atoms with Crippen LogP contribution in [0.25, 0.3) is 11.0 Å². The molecule has 0 atom stereocenters. The maximum atomic E-state index is 12.9. The van der Waals surface area contributed by atoms with Gasteiger partial charge in [-0.05, 0) is 31.0 Å². The van der Waals surface area contributed by atoms with Crippen LogP contribution in [0.5, 0.6) is 0 Å². The number of benzene rings is 2. The maximum Gasteiger partial charge on any atom is 0.287 e. The van der Waals surface area contributed by atoms with Crippen LogP contribution in [-0.4, -0.2) is 49.5 Å². The number of nitrogens with one attached hydrogen (secondary N) is 2. The summed E-state index contributed by atoms with van der Waals surface area (Å²) in [6.45, 7) is 2.16. The van der Waals surface area contributed by atoms with Crippen molar-refractivity contribution in [1.82, 2.24) is 10.2 Å². The Morgan fingerprint density at radius 3 is 2.52 bits per heavy atom. The summed E-state index contributed by atoms with van der Waals surface area (Å²) in [7, 11) is 1.60. The van der Waals surface area contributed by atoms with Crippen molar-refractivity contribution in [1.29, 1.82) is 0 Å². The number of furan rings is 1. The van der Waals surface area contributed by atoms with Crippen molar-refractivity contribution in [3.8, 4) is 0 Å². The second-order valence-corrected chi connectivity index (χ2v) is 7.78. The molecule has 1 saturated heterocycles. The Kier molecular flexibility index (Phi) is 6.64. The minimum Gasteiger partial charge on any atom is -0.451 e. The van der Waals surface area contributed by atoms with Crippen molar-refractivity contribution in [3.63, 3.8) is 0 Å². The Balaban J connectivity index is 1.31. The van der Waals surface area contributed by atoms with E-state index in [0.29, 0.717) is 24.5 Å². The molecule has 0 radical (unpaired) electrons. The highest BCUT2D eigenvalue weighted by molar-refractivity contribution is 5.99. The number of methoxy groups -OCH3 is 1. The third-order valence-electron chi connectivity index (χ3n) is 5.54. The van der Waals surface area contributed by atoms with Gasteiger partial charge >= 0.3 is 0 Å². The monoisotopic (exact) mass is 421 g/mol. The summed E-state index contributed by atoms with van der Waals surface area (Å²) in [5, 5.41) is 6.90. The summed E-state index contributed by atoms with van der Waals surface area (Å²) in [5.41, 5.74) is 2.25. The molecule has 1 aromatic heterocycles. The van der Waals surface area contributed by atoms with Crippen molar-refractivity contribution < 1.29 is 18.7 Å². The average Bonchev–Trinajstić information content (AvgIpc) is 3.15. The van der Waals surface area contributed by atoms with Crippen LogP contribution in [0.3, 0.4) is 0 Å². The Morgan fingerprint density at radius 1 is 1.06 bits per heavy atom.